The summed E-state index contributed by atoms with van der Waals surface area (Å²) < 4.78 is 5.57. The summed E-state index contributed by atoms with van der Waals surface area (Å²) >= 11 is 5.90. The Bertz CT molecular complexity index is 723. The molecule has 0 amide bonds. The molecule has 0 fully saturated rings. The van der Waals surface area contributed by atoms with Gasteiger partial charge in [0, 0.05) is 11.6 Å². The molecule has 0 spiro atoms. The molecule has 0 aliphatic carbocycles. The fraction of sp³-hybridized carbons (Fsp3) is 0.0714. The highest BCUT2D eigenvalue weighted by Crippen LogP contribution is 2.31. The summed E-state index contributed by atoms with van der Waals surface area (Å²) in [6.07, 6.45) is 0. The molecule has 0 heterocycles. The lowest BCUT2D eigenvalue weighted by Gasteiger charge is -2.08. The van der Waals surface area contributed by atoms with Crippen molar-refractivity contribution in [2.24, 2.45) is 0 Å². The minimum atomic E-state index is -0.459. The number of nitro groups is 1. The lowest BCUT2D eigenvalue weighted by molar-refractivity contribution is -0.385. The van der Waals surface area contributed by atoms with E-state index in [-0.39, 0.29) is 11.3 Å². The summed E-state index contributed by atoms with van der Waals surface area (Å²) in [6.45, 7) is 1.62. The summed E-state index contributed by atoms with van der Waals surface area (Å²) in [5, 5.41) is 20.1. The Balaban J connectivity index is 2.37. The molecule has 0 aromatic heterocycles. The molecule has 20 heavy (non-hydrogen) atoms. The molecular formula is C14H9ClN2O3. The molecule has 5 nitrogen and oxygen atoms in total. The standard InChI is InChI=1S/C14H9ClN2O3/c1-9-7-10(5-6-13(9)17(18)19)20-14-4-2-3-12(15)11(14)8-16/h2-7H,1H3. The lowest BCUT2D eigenvalue weighted by atomic mass is 10.2. The van der Waals surface area contributed by atoms with Gasteiger partial charge in [-0.25, -0.2) is 0 Å². The Morgan fingerprint density at radius 2 is 2.10 bits per heavy atom. The fourth-order valence-electron chi connectivity index (χ4n) is 1.72. The number of ether oxygens (including phenoxy) is 1. The van der Waals surface area contributed by atoms with Crippen LogP contribution in [-0.4, -0.2) is 4.92 Å². The van der Waals surface area contributed by atoms with Gasteiger partial charge >= 0.3 is 0 Å². The molecule has 0 radical (unpaired) electrons. The molecule has 0 N–H and O–H groups in total. The van der Waals surface area contributed by atoms with Gasteiger partial charge in [-0.3, -0.25) is 10.1 Å². The van der Waals surface area contributed by atoms with E-state index in [1.54, 1.807) is 31.2 Å². The summed E-state index contributed by atoms with van der Waals surface area (Å²) in [7, 11) is 0. The molecule has 0 saturated heterocycles. The third-order valence-electron chi connectivity index (χ3n) is 2.68. The van der Waals surface area contributed by atoms with Gasteiger partial charge in [-0.2, -0.15) is 5.26 Å². The van der Waals surface area contributed by atoms with Crippen LogP contribution in [0.2, 0.25) is 5.02 Å². The van der Waals surface area contributed by atoms with Gasteiger partial charge in [0.25, 0.3) is 5.69 Å². The van der Waals surface area contributed by atoms with E-state index in [1.807, 2.05) is 6.07 Å². The van der Waals surface area contributed by atoms with Crippen LogP contribution < -0.4 is 4.74 Å². The fourth-order valence-corrected chi connectivity index (χ4v) is 1.93. The molecule has 0 unspecified atom stereocenters. The highest BCUT2D eigenvalue weighted by molar-refractivity contribution is 6.31. The van der Waals surface area contributed by atoms with E-state index in [9.17, 15) is 10.1 Å². The molecule has 0 aliphatic rings. The zero-order chi connectivity index (χ0) is 14.7. The van der Waals surface area contributed by atoms with Crippen LogP contribution in [0, 0.1) is 28.4 Å². The molecule has 100 valence electrons. The van der Waals surface area contributed by atoms with E-state index in [2.05, 4.69) is 0 Å². The van der Waals surface area contributed by atoms with Crippen molar-refractivity contribution in [3.8, 4) is 17.6 Å². The highest BCUT2D eigenvalue weighted by atomic mass is 35.5. The topological polar surface area (TPSA) is 76.2 Å². The first-order valence-corrected chi connectivity index (χ1v) is 6.02. The van der Waals surface area contributed by atoms with Crippen molar-refractivity contribution in [1.82, 2.24) is 0 Å². The first-order chi connectivity index (χ1) is 9.52. The third kappa shape index (κ3) is 2.71. The van der Waals surface area contributed by atoms with Crippen molar-refractivity contribution in [2.45, 2.75) is 6.92 Å². The average molecular weight is 289 g/mol. The van der Waals surface area contributed by atoms with Gasteiger partial charge in [-0.05, 0) is 31.2 Å². The monoisotopic (exact) mass is 288 g/mol. The van der Waals surface area contributed by atoms with Crippen LogP contribution in [0.15, 0.2) is 36.4 Å². The number of nitro benzene ring substituents is 1. The van der Waals surface area contributed by atoms with Crippen LogP contribution in [0.1, 0.15) is 11.1 Å². The number of halogens is 1. The second-order valence-corrected chi connectivity index (χ2v) is 4.44. The van der Waals surface area contributed by atoms with E-state index in [1.165, 1.54) is 12.1 Å². The van der Waals surface area contributed by atoms with Gasteiger partial charge in [0.05, 0.1) is 9.95 Å². The predicted octanol–water partition coefficient (Wildman–Crippen LogP) is 4.22. The number of benzene rings is 2. The van der Waals surface area contributed by atoms with E-state index >= 15 is 0 Å². The second-order valence-electron chi connectivity index (χ2n) is 4.03. The van der Waals surface area contributed by atoms with Crippen LogP contribution in [0.5, 0.6) is 11.5 Å². The van der Waals surface area contributed by atoms with Gasteiger partial charge in [0.2, 0.25) is 0 Å². The Morgan fingerprint density at radius 1 is 1.35 bits per heavy atom. The minimum absolute atomic E-state index is 0.0175. The molecular weight excluding hydrogens is 280 g/mol. The summed E-state index contributed by atoms with van der Waals surface area (Å²) in [4.78, 5) is 10.3. The lowest BCUT2D eigenvalue weighted by Crippen LogP contribution is -1.93. The number of rotatable bonds is 3. The van der Waals surface area contributed by atoms with Crippen LogP contribution in [-0.2, 0) is 0 Å². The first-order valence-electron chi connectivity index (χ1n) is 5.64. The third-order valence-corrected chi connectivity index (χ3v) is 2.99. The molecule has 6 heteroatoms. The number of aryl methyl sites for hydroxylation is 1. The molecule has 0 saturated carbocycles. The Morgan fingerprint density at radius 3 is 2.70 bits per heavy atom. The molecule has 0 atom stereocenters. The molecule has 0 aliphatic heterocycles. The highest BCUT2D eigenvalue weighted by Gasteiger charge is 2.13. The van der Waals surface area contributed by atoms with Crippen molar-refractivity contribution in [1.29, 1.82) is 5.26 Å². The first kappa shape index (κ1) is 13.8. The summed E-state index contributed by atoms with van der Waals surface area (Å²) in [5.41, 5.74) is 0.724. The van der Waals surface area contributed by atoms with Crippen LogP contribution in [0.25, 0.3) is 0 Å². The number of hydrogen-bond acceptors (Lipinski definition) is 4. The normalized spacial score (nSPS) is 9.85. The second kappa shape index (κ2) is 5.59. The van der Waals surface area contributed by atoms with Crippen LogP contribution in [0.4, 0.5) is 5.69 Å². The SMILES string of the molecule is Cc1cc(Oc2cccc(Cl)c2C#N)ccc1[N+](=O)[O-]. The zero-order valence-electron chi connectivity index (χ0n) is 10.5. The van der Waals surface area contributed by atoms with Crippen molar-refractivity contribution in [3.63, 3.8) is 0 Å². The van der Waals surface area contributed by atoms with E-state index in [4.69, 9.17) is 21.6 Å². The maximum atomic E-state index is 10.7. The van der Waals surface area contributed by atoms with E-state index < -0.39 is 4.92 Å². The van der Waals surface area contributed by atoms with Crippen LogP contribution in [0.3, 0.4) is 0 Å². The average Bonchev–Trinajstić information content (AvgIpc) is 2.38. The Labute approximate surface area is 120 Å². The van der Waals surface area contributed by atoms with Gasteiger partial charge in [-0.15, -0.1) is 0 Å². The van der Waals surface area contributed by atoms with Gasteiger partial charge in [0.15, 0.2) is 0 Å². The summed E-state index contributed by atoms with van der Waals surface area (Å²) in [6, 6.07) is 11.2. The van der Waals surface area contributed by atoms with Crippen molar-refractivity contribution >= 4 is 17.3 Å². The van der Waals surface area contributed by atoms with E-state index in [0.717, 1.165) is 0 Å². The van der Waals surface area contributed by atoms with Crippen molar-refractivity contribution in [3.05, 3.63) is 62.7 Å². The van der Waals surface area contributed by atoms with Crippen LogP contribution >= 0.6 is 11.6 Å². The van der Waals surface area contributed by atoms with Gasteiger partial charge in [-0.1, -0.05) is 17.7 Å². The smallest absolute Gasteiger partial charge is 0.272 e. The largest absolute Gasteiger partial charge is 0.456 e. The Kier molecular flexibility index (Phi) is 3.87. The van der Waals surface area contributed by atoms with Gasteiger partial charge in [0.1, 0.15) is 23.1 Å². The maximum absolute atomic E-state index is 10.7. The molecule has 2 aromatic rings. The molecule has 2 rings (SSSR count). The Hall–Kier alpha value is -2.58. The zero-order valence-corrected chi connectivity index (χ0v) is 11.2. The van der Waals surface area contributed by atoms with Crippen molar-refractivity contribution < 1.29 is 9.66 Å². The quantitative estimate of drug-likeness (QED) is 0.626. The number of hydrogen-bond donors (Lipinski definition) is 0. The van der Waals surface area contributed by atoms with Crippen molar-refractivity contribution in [2.75, 3.05) is 0 Å². The number of nitriles is 1. The molecule has 2 aromatic carbocycles. The summed E-state index contributed by atoms with van der Waals surface area (Å²) in [5.74, 6) is 0.722. The minimum Gasteiger partial charge on any atom is -0.456 e. The van der Waals surface area contributed by atoms with Gasteiger partial charge < -0.3 is 4.74 Å². The number of nitrogens with zero attached hydrogens (tertiary/aromatic N) is 2. The maximum Gasteiger partial charge on any atom is 0.272 e. The predicted molar refractivity (Wildman–Crippen MR) is 74.1 cm³/mol. The van der Waals surface area contributed by atoms with E-state index in [0.29, 0.717) is 22.1 Å². The molecule has 0 bridgehead atoms.